The average Bonchev–Trinajstić information content (AvgIpc) is 3.40. The number of hydrogen-bond donors (Lipinski definition) is 3. The maximum absolute atomic E-state index is 12.3. The summed E-state index contributed by atoms with van der Waals surface area (Å²) in [7, 11) is 0. The minimum atomic E-state index is -0.0989. The van der Waals surface area contributed by atoms with E-state index in [-0.39, 0.29) is 17.5 Å². The number of carbonyl (C=O) groups excluding carboxylic acids is 2. The van der Waals surface area contributed by atoms with Crippen molar-refractivity contribution in [2.45, 2.75) is 69.7 Å². The lowest BCUT2D eigenvalue weighted by Gasteiger charge is -2.56. The van der Waals surface area contributed by atoms with Crippen LogP contribution in [0.15, 0.2) is 0 Å². The Labute approximate surface area is 162 Å². The van der Waals surface area contributed by atoms with Crippen LogP contribution in [0.1, 0.15) is 64.2 Å². The third kappa shape index (κ3) is 5.37. The van der Waals surface area contributed by atoms with Crippen molar-refractivity contribution in [2.75, 3.05) is 26.3 Å². The van der Waals surface area contributed by atoms with Crippen molar-refractivity contribution in [3.05, 3.63) is 0 Å². The van der Waals surface area contributed by atoms with Crippen LogP contribution in [0.25, 0.3) is 0 Å². The van der Waals surface area contributed by atoms with Gasteiger partial charge in [-0.25, -0.2) is 4.79 Å². The Kier molecular flexibility index (Phi) is 5.90. The van der Waals surface area contributed by atoms with Gasteiger partial charge in [0.25, 0.3) is 0 Å². The molecule has 0 aromatic heterocycles. The predicted molar refractivity (Wildman–Crippen MR) is 103 cm³/mol. The Morgan fingerprint density at radius 3 is 2.22 bits per heavy atom. The van der Waals surface area contributed by atoms with Gasteiger partial charge in [0.2, 0.25) is 5.91 Å². The molecule has 0 aromatic rings. The molecule has 4 bridgehead atoms. The van der Waals surface area contributed by atoms with Crippen LogP contribution in [-0.2, 0) is 9.53 Å². The van der Waals surface area contributed by atoms with Crippen LogP contribution in [-0.4, -0.2) is 43.8 Å². The van der Waals surface area contributed by atoms with E-state index in [4.69, 9.17) is 4.74 Å². The first-order valence-corrected chi connectivity index (χ1v) is 11.0. The molecule has 0 spiro atoms. The van der Waals surface area contributed by atoms with Crippen molar-refractivity contribution >= 4 is 11.9 Å². The fraction of sp³-hybridized carbons (Fsp3) is 0.905. The van der Waals surface area contributed by atoms with Gasteiger partial charge in [-0.2, -0.15) is 0 Å². The summed E-state index contributed by atoms with van der Waals surface area (Å²) < 4.78 is 5.55. The Morgan fingerprint density at radius 2 is 1.59 bits per heavy atom. The standard InChI is InChI=1S/C21H35N3O3/c25-19(22-5-1-7-27-14-15-2-3-15)4-6-23-20(26)24-21-11-16-8-17(12-21)10-18(9-16)13-21/h15-18H,1-14H2,(H,22,25)(H2,23,24,26). The van der Waals surface area contributed by atoms with Gasteiger partial charge in [0.05, 0.1) is 0 Å². The topological polar surface area (TPSA) is 79.5 Å². The first kappa shape index (κ1) is 19.0. The molecule has 0 aliphatic heterocycles. The molecule has 5 saturated carbocycles. The van der Waals surface area contributed by atoms with Gasteiger partial charge in [-0.15, -0.1) is 0 Å². The molecule has 0 saturated heterocycles. The summed E-state index contributed by atoms with van der Waals surface area (Å²) in [5.41, 5.74) is 0.0293. The van der Waals surface area contributed by atoms with Crippen molar-refractivity contribution in [1.29, 1.82) is 0 Å². The summed E-state index contributed by atoms with van der Waals surface area (Å²) in [6.45, 7) is 2.62. The number of nitrogens with one attached hydrogen (secondary N) is 3. The molecule has 6 heteroatoms. The third-order valence-corrected chi connectivity index (χ3v) is 6.89. The van der Waals surface area contributed by atoms with Gasteiger partial charge in [-0.05, 0) is 81.5 Å². The van der Waals surface area contributed by atoms with Gasteiger partial charge in [0.1, 0.15) is 0 Å². The van der Waals surface area contributed by atoms with Gasteiger partial charge in [0, 0.05) is 38.3 Å². The number of rotatable bonds is 10. The molecule has 0 aromatic carbocycles. The number of hydrogen-bond acceptors (Lipinski definition) is 3. The highest BCUT2D eigenvalue weighted by Gasteiger charge is 2.51. The lowest BCUT2D eigenvalue weighted by atomic mass is 9.53. The van der Waals surface area contributed by atoms with E-state index >= 15 is 0 Å². The summed E-state index contributed by atoms with van der Waals surface area (Å²) in [6, 6.07) is -0.0989. The molecule has 0 unspecified atom stereocenters. The van der Waals surface area contributed by atoms with Crippen LogP contribution < -0.4 is 16.0 Å². The summed E-state index contributed by atoms with van der Waals surface area (Å²) in [4.78, 5) is 24.2. The molecule has 6 nitrogen and oxygen atoms in total. The number of ether oxygens (including phenoxy) is 1. The van der Waals surface area contributed by atoms with Crippen molar-refractivity contribution < 1.29 is 14.3 Å². The molecule has 3 N–H and O–H groups in total. The Morgan fingerprint density at radius 1 is 0.926 bits per heavy atom. The summed E-state index contributed by atoms with van der Waals surface area (Å²) in [5.74, 6) is 3.23. The summed E-state index contributed by atoms with van der Waals surface area (Å²) in [6.07, 6.45) is 11.3. The Hall–Kier alpha value is -1.30. The highest BCUT2D eigenvalue weighted by atomic mass is 16.5. The van der Waals surface area contributed by atoms with Crippen LogP contribution in [0.3, 0.4) is 0 Å². The van der Waals surface area contributed by atoms with E-state index in [1.54, 1.807) is 0 Å². The lowest BCUT2D eigenvalue weighted by Crippen LogP contribution is -2.61. The van der Waals surface area contributed by atoms with Crippen LogP contribution in [0.5, 0.6) is 0 Å². The molecule has 5 fully saturated rings. The van der Waals surface area contributed by atoms with Crippen LogP contribution in [0.2, 0.25) is 0 Å². The van der Waals surface area contributed by atoms with Crippen molar-refractivity contribution in [2.24, 2.45) is 23.7 Å². The van der Waals surface area contributed by atoms with E-state index in [1.807, 2.05) is 0 Å². The molecule has 27 heavy (non-hydrogen) atoms. The highest BCUT2D eigenvalue weighted by molar-refractivity contribution is 5.78. The van der Waals surface area contributed by atoms with Crippen LogP contribution in [0.4, 0.5) is 4.79 Å². The molecule has 152 valence electrons. The van der Waals surface area contributed by atoms with E-state index in [0.29, 0.717) is 26.1 Å². The zero-order chi connectivity index (χ0) is 18.7. The molecule has 0 atom stereocenters. The van der Waals surface area contributed by atoms with E-state index in [9.17, 15) is 9.59 Å². The second kappa shape index (κ2) is 8.38. The lowest BCUT2D eigenvalue weighted by molar-refractivity contribution is -0.121. The largest absolute Gasteiger partial charge is 0.381 e. The van der Waals surface area contributed by atoms with Crippen molar-refractivity contribution in [3.63, 3.8) is 0 Å². The minimum absolute atomic E-state index is 0.00713. The smallest absolute Gasteiger partial charge is 0.315 e. The second-order valence-electron chi connectivity index (χ2n) is 9.55. The zero-order valence-corrected chi connectivity index (χ0v) is 16.4. The third-order valence-electron chi connectivity index (χ3n) is 6.89. The van der Waals surface area contributed by atoms with E-state index in [0.717, 1.165) is 56.0 Å². The zero-order valence-electron chi connectivity index (χ0n) is 16.4. The fourth-order valence-corrected chi connectivity index (χ4v) is 5.86. The Balaban J connectivity index is 1.06. The SMILES string of the molecule is O=C(CCNC(=O)NC12CC3CC(CC(C3)C1)C2)NCCCOCC1CC1. The van der Waals surface area contributed by atoms with Gasteiger partial charge < -0.3 is 20.7 Å². The molecule has 3 amide bonds. The quantitative estimate of drug-likeness (QED) is 0.512. The minimum Gasteiger partial charge on any atom is -0.381 e. The number of carbonyl (C=O) groups is 2. The second-order valence-corrected chi connectivity index (χ2v) is 9.55. The fourth-order valence-electron chi connectivity index (χ4n) is 5.86. The van der Waals surface area contributed by atoms with Crippen molar-refractivity contribution in [1.82, 2.24) is 16.0 Å². The van der Waals surface area contributed by atoms with Gasteiger partial charge in [-0.1, -0.05) is 0 Å². The van der Waals surface area contributed by atoms with E-state index < -0.39 is 0 Å². The molecule has 0 radical (unpaired) electrons. The van der Waals surface area contributed by atoms with Crippen LogP contribution in [0, 0.1) is 23.7 Å². The molecular weight excluding hydrogens is 342 g/mol. The molecule has 5 aliphatic carbocycles. The van der Waals surface area contributed by atoms with Crippen LogP contribution >= 0.6 is 0 Å². The summed E-state index contributed by atoms with van der Waals surface area (Å²) in [5, 5.41) is 9.06. The number of amides is 3. The maximum atomic E-state index is 12.3. The van der Waals surface area contributed by atoms with E-state index in [2.05, 4.69) is 16.0 Å². The molecule has 5 rings (SSSR count). The average molecular weight is 378 g/mol. The molecular formula is C21H35N3O3. The first-order chi connectivity index (χ1) is 13.1. The maximum Gasteiger partial charge on any atom is 0.315 e. The van der Waals surface area contributed by atoms with Gasteiger partial charge in [-0.3, -0.25) is 4.79 Å². The van der Waals surface area contributed by atoms with E-state index in [1.165, 1.54) is 32.1 Å². The highest BCUT2D eigenvalue weighted by Crippen LogP contribution is 2.55. The molecule has 5 aliphatic rings. The monoisotopic (exact) mass is 377 g/mol. The molecule has 0 heterocycles. The predicted octanol–water partition coefficient (Wildman–Crippen LogP) is 2.58. The van der Waals surface area contributed by atoms with Gasteiger partial charge >= 0.3 is 6.03 Å². The Bertz CT molecular complexity index is 512. The van der Waals surface area contributed by atoms with Gasteiger partial charge in [0.15, 0.2) is 0 Å². The normalized spacial score (nSPS) is 33.7. The number of urea groups is 1. The first-order valence-electron chi connectivity index (χ1n) is 11.0. The van der Waals surface area contributed by atoms with Crippen molar-refractivity contribution in [3.8, 4) is 0 Å². The summed E-state index contributed by atoms with van der Waals surface area (Å²) >= 11 is 0.